The number of hydrogen-bond acceptors (Lipinski definition) is 4. The van der Waals surface area contributed by atoms with Crippen LogP contribution < -0.4 is 5.32 Å². The molecule has 0 amide bonds. The second kappa shape index (κ2) is 7.53. The van der Waals surface area contributed by atoms with Crippen molar-refractivity contribution >= 4 is 11.8 Å². The Morgan fingerprint density at radius 2 is 2.30 bits per heavy atom. The van der Waals surface area contributed by atoms with Gasteiger partial charge in [-0.05, 0) is 31.0 Å². The van der Waals surface area contributed by atoms with E-state index in [1.165, 1.54) is 24.4 Å². The lowest BCUT2D eigenvalue weighted by atomic mass is 10.2. The van der Waals surface area contributed by atoms with Crippen LogP contribution in [0, 0.1) is 12.8 Å². The van der Waals surface area contributed by atoms with Gasteiger partial charge in [-0.2, -0.15) is 11.8 Å². The fourth-order valence-corrected chi connectivity index (χ4v) is 3.65. The maximum atomic E-state index is 6.02. The Balaban J connectivity index is 1.86. The smallest absolute Gasteiger partial charge is 0.120 e. The number of hydrogen-bond donors (Lipinski definition) is 1. The molecule has 1 aromatic rings. The molecule has 0 spiro atoms. The van der Waals surface area contributed by atoms with E-state index < -0.39 is 0 Å². The van der Waals surface area contributed by atoms with Crippen LogP contribution in [0.15, 0.2) is 10.5 Å². The monoisotopic (exact) mass is 296 g/mol. The highest BCUT2D eigenvalue weighted by atomic mass is 32.2. The Morgan fingerprint density at radius 1 is 1.50 bits per heavy atom. The van der Waals surface area contributed by atoms with Crippen LogP contribution >= 0.6 is 11.8 Å². The Labute approximate surface area is 127 Å². The molecule has 4 heteroatoms. The molecule has 1 unspecified atom stereocenters. The van der Waals surface area contributed by atoms with Crippen LogP contribution in [-0.4, -0.2) is 35.5 Å². The number of aryl methyl sites for hydroxylation is 1. The van der Waals surface area contributed by atoms with Gasteiger partial charge in [0.25, 0.3) is 0 Å². The van der Waals surface area contributed by atoms with Crippen molar-refractivity contribution < 1.29 is 4.42 Å². The Morgan fingerprint density at radius 3 is 3.00 bits per heavy atom. The molecule has 1 atom stereocenters. The van der Waals surface area contributed by atoms with Gasteiger partial charge in [0, 0.05) is 24.1 Å². The largest absolute Gasteiger partial charge is 0.463 e. The topological polar surface area (TPSA) is 28.4 Å². The first-order valence-electron chi connectivity index (χ1n) is 7.67. The lowest BCUT2D eigenvalue weighted by Crippen LogP contribution is -2.35. The molecule has 20 heavy (non-hydrogen) atoms. The molecule has 1 fully saturated rings. The van der Waals surface area contributed by atoms with Gasteiger partial charge in [0.2, 0.25) is 0 Å². The van der Waals surface area contributed by atoms with E-state index >= 15 is 0 Å². The van der Waals surface area contributed by atoms with Gasteiger partial charge < -0.3 is 9.73 Å². The maximum Gasteiger partial charge on any atom is 0.120 e. The van der Waals surface area contributed by atoms with Crippen LogP contribution in [-0.2, 0) is 13.1 Å². The molecule has 1 N–H and O–H groups in total. The van der Waals surface area contributed by atoms with Crippen molar-refractivity contribution in [3.05, 3.63) is 23.2 Å². The predicted octanol–water partition coefficient (Wildman–Crippen LogP) is 3.27. The zero-order valence-corrected chi connectivity index (χ0v) is 14.1. The second-order valence-corrected chi connectivity index (χ2v) is 7.81. The molecule has 1 aliphatic heterocycles. The lowest BCUT2D eigenvalue weighted by Gasteiger charge is -2.29. The first kappa shape index (κ1) is 15.9. The van der Waals surface area contributed by atoms with Crippen molar-refractivity contribution in [3.63, 3.8) is 0 Å². The van der Waals surface area contributed by atoms with Gasteiger partial charge in [-0.1, -0.05) is 20.8 Å². The minimum atomic E-state index is 0.678. The van der Waals surface area contributed by atoms with Crippen LogP contribution in [0.5, 0.6) is 0 Å². The Bertz CT molecular complexity index is 417. The van der Waals surface area contributed by atoms with E-state index in [1.807, 2.05) is 0 Å². The van der Waals surface area contributed by atoms with E-state index in [0.717, 1.165) is 36.4 Å². The summed E-state index contributed by atoms with van der Waals surface area (Å²) in [4.78, 5) is 2.50. The summed E-state index contributed by atoms with van der Waals surface area (Å²) >= 11 is 2.07. The first-order chi connectivity index (χ1) is 9.54. The highest BCUT2D eigenvalue weighted by Crippen LogP contribution is 2.21. The molecule has 0 aliphatic carbocycles. The van der Waals surface area contributed by atoms with Crippen LogP contribution in [0.2, 0.25) is 0 Å². The summed E-state index contributed by atoms with van der Waals surface area (Å²) in [7, 11) is 0. The van der Waals surface area contributed by atoms with E-state index in [-0.39, 0.29) is 0 Å². The van der Waals surface area contributed by atoms with E-state index in [1.54, 1.807) is 0 Å². The molecule has 0 radical (unpaired) electrons. The van der Waals surface area contributed by atoms with E-state index in [2.05, 4.69) is 55.7 Å². The normalized spacial score (nSPS) is 20.8. The van der Waals surface area contributed by atoms with Crippen LogP contribution in [0.3, 0.4) is 0 Å². The molecule has 114 valence electrons. The molecule has 1 saturated heterocycles. The molecule has 0 aromatic carbocycles. The molecule has 0 saturated carbocycles. The van der Waals surface area contributed by atoms with Gasteiger partial charge in [0.1, 0.15) is 11.5 Å². The predicted molar refractivity (Wildman–Crippen MR) is 87.2 cm³/mol. The summed E-state index contributed by atoms with van der Waals surface area (Å²) in [5, 5.41) is 4.20. The Kier molecular flexibility index (Phi) is 6.00. The highest BCUT2D eigenvalue weighted by Gasteiger charge is 2.18. The summed E-state index contributed by atoms with van der Waals surface area (Å²) in [6, 6.07) is 2.21. The number of nitrogens with zero attached hydrogens (tertiary/aromatic N) is 1. The number of thioether (sulfide) groups is 1. The van der Waals surface area contributed by atoms with Crippen molar-refractivity contribution in [1.82, 2.24) is 10.2 Å². The fourth-order valence-electron chi connectivity index (χ4n) is 2.57. The van der Waals surface area contributed by atoms with E-state index in [4.69, 9.17) is 4.42 Å². The average Bonchev–Trinajstić information content (AvgIpc) is 2.69. The summed E-state index contributed by atoms with van der Waals surface area (Å²) in [6.07, 6.45) is 0. The Hall–Kier alpha value is -0.450. The van der Waals surface area contributed by atoms with Gasteiger partial charge in [0.15, 0.2) is 0 Å². The third-order valence-corrected chi connectivity index (χ3v) is 4.75. The van der Waals surface area contributed by atoms with E-state index in [9.17, 15) is 0 Å². The summed E-state index contributed by atoms with van der Waals surface area (Å²) in [6.45, 7) is 14.1. The van der Waals surface area contributed by atoms with Crippen LogP contribution in [0.1, 0.15) is 37.9 Å². The average molecular weight is 296 g/mol. The van der Waals surface area contributed by atoms with Gasteiger partial charge in [-0.15, -0.1) is 0 Å². The zero-order valence-electron chi connectivity index (χ0n) is 13.2. The molecule has 1 aromatic heterocycles. The van der Waals surface area contributed by atoms with Gasteiger partial charge >= 0.3 is 0 Å². The lowest BCUT2D eigenvalue weighted by molar-refractivity contribution is 0.251. The third kappa shape index (κ3) is 4.83. The molecule has 2 rings (SSSR count). The second-order valence-electron chi connectivity index (χ2n) is 6.26. The highest BCUT2D eigenvalue weighted by molar-refractivity contribution is 7.99. The molecule has 0 bridgehead atoms. The molecule has 1 aliphatic rings. The summed E-state index contributed by atoms with van der Waals surface area (Å²) in [5.74, 6) is 4.13. The summed E-state index contributed by atoms with van der Waals surface area (Å²) in [5.41, 5.74) is 1.27. The van der Waals surface area contributed by atoms with Crippen molar-refractivity contribution in [2.75, 3.05) is 25.4 Å². The molecular weight excluding hydrogens is 268 g/mol. The first-order valence-corrected chi connectivity index (χ1v) is 8.72. The standard InChI is InChI=1S/C16H28N2OS/c1-12(2)8-17-9-16-13(3)7-15(19-16)11-18-5-6-20-14(4)10-18/h7,12,14,17H,5-6,8-11H2,1-4H3. The fraction of sp³-hybridized carbons (Fsp3) is 0.750. The van der Waals surface area contributed by atoms with Crippen LogP contribution in [0.4, 0.5) is 0 Å². The zero-order chi connectivity index (χ0) is 14.5. The quantitative estimate of drug-likeness (QED) is 0.872. The minimum absolute atomic E-state index is 0.678. The van der Waals surface area contributed by atoms with E-state index in [0.29, 0.717) is 5.92 Å². The molecular formula is C16H28N2OS. The van der Waals surface area contributed by atoms with Crippen molar-refractivity contribution in [2.24, 2.45) is 5.92 Å². The summed E-state index contributed by atoms with van der Waals surface area (Å²) < 4.78 is 6.02. The molecule has 2 heterocycles. The third-order valence-electron chi connectivity index (χ3n) is 3.61. The van der Waals surface area contributed by atoms with Crippen LogP contribution in [0.25, 0.3) is 0 Å². The number of nitrogens with one attached hydrogen (secondary N) is 1. The van der Waals surface area contributed by atoms with Gasteiger partial charge in [-0.3, -0.25) is 4.90 Å². The molecule has 3 nitrogen and oxygen atoms in total. The SMILES string of the molecule is Cc1cc(CN2CCSC(C)C2)oc1CNCC(C)C. The van der Waals surface area contributed by atoms with Crippen molar-refractivity contribution in [1.29, 1.82) is 0 Å². The van der Waals surface area contributed by atoms with Crippen molar-refractivity contribution in [3.8, 4) is 0 Å². The van der Waals surface area contributed by atoms with Gasteiger partial charge in [-0.25, -0.2) is 0 Å². The number of rotatable bonds is 6. The van der Waals surface area contributed by atoms with Crippen molar-refractivity contribution in [2.45, 2.75) is 46.0 Å². The minimum Gasteiger partial charge on any atom is -0.463 e. The van der Waals surface area contributed by atoms with Gasteiger partial charge in [0.05, 0.1) is 13.1 Å². The maximum absolute atomic E-state index is 6.02. The number of furan rings is 1.